The molecule has 0 bridgehead atoms. The number of aromatic nitrogens is 2. The Morgan fingerprint density at radius 2 is 2.24 bits per heavy atom. The van der Waals surface area contributed by atoms with Crippen LogP contribution in [0.4, 0.5) is 0 Å². The molecule has 0 aliphatic carbocycles. The highest BCUT2D eigenvalue weighted by atomic mass is 35.5. The predicted octanol–water partition coefficient (Wildman–Crippen LogP) is 3.28. The summed E-state index contributed by atoms with van der Waals surface area (Å²) in [5.41, 5.74) is 0.693. The normalized spacial score (nSPS) is 10.9. The zero-order valence-electron chi connectivity index (χ0n) is 9.05. The topological polar surface area (TPSA) is 40.2 Å². The van der Waals surface area contributed by atoms with Gasteiger partial charge in [-0.25, -0.2) is 4.98 Å². The Bertz CT molecular complexity index is 659. The van der Waals surface area contributed by atoms with Crippen molar-refractivity contribution in [3.63, 3.8) is 0 Å². The van der Waals surface area contributed by atoms with Gasteiger partial charge in [0.1, 0.15) is 17.7 Å². The fraction of sp³-hybridized carbons (Fsp3) is 0.0833. The molecule has 0 amide bonds. The number of benzene rings is 1. The van der Waals surface area contributed by atoms with Crippen LogP contribution in [-0.4, -0.2) is 16.7 Å². The summed E-state index contributed by atoms with van der Waals surface area (Å²) < 4.78 is 12.7. The Hall–Kier alpha value is -1.94. The maximum atomic E-state index is 5.98. The van der Waals surface area contributed by atoms with E-state index in [0.717, 1.165) is 5.39 Å². The highest BCUT2D eigenvalue weighted by Crippen LogP contribution is 2.33. The number of fused-ring (bicyclic) bond motifs is 1. The average molecular weight is 249 g/mol. The van der Waals surface area contributed by atoms with Crippen LogP contribution in [0.2, 0.25) is 5.02 Å². The highest BCUT2D eigenvalue weighted by Gasteiger charge is 2.11. The van der Waals surface area contributed by atoms with Gasteiger partial charge in [0, 0.05) is 29.5 Å². The molecule has 5 heteroatoms. The van der Waals surface area contributed by atoms with E-state index in [1.54, 1.807) is 36.3 Å². The first-order chi connectivity index (χ1) is 8.28. The molecule has 86 valence electrons. The van der Waals surface area contributed by atoms with Crippen LogP contribution in [0.5, 0.6) is 5.75 Å². The molecule has 0 aliphatic heterocycles. The Labute approximate surface area is 102 Å². The molecule has 3 rings (SSSR count). The van der Waals surface area contributed by atoms with Crippen LogP contribution in [0, 0.1) is 0 Å². The number of hydrogen-bond acceptors (Lipinski definition) is 3. The smallest absolute Gasteiger partial charge is 0.206 e. The lowest BCUT2D eigenvalue weighted by Crippen LogP contribution is -1.84. The number of ether oxygens (including phenoxy) is 1. The number of methoxy groups -OCH3 is 1. The van der Waals surface area contributed by atoms with E-state index in [1.807, 2.05) is 12.3 Å². The van der Waals surface area contributed by atoms with Crippen molar-refractivity contribution in [1.29, 1.82) is 0 Å². The molecule has 0 atom stereocenters. The van der Waals surface area contributed by atoms with Crippen LogP contribution in [-0.2, 0) is 0 Å². The second-order valence-electron chi connectivity index (χ2n) is 3.57. The third-order valence-electron chi connectivity index (χ3n) is 2.53. The van der Waals surface area contributed by atoms with Gasteiger partial charge in [0.2, 0.25) is 5.88 Å². The standard InChI is InChI=1S/C12H9ClN2O2/c1-16-10-4-8(13)5-11-9(10)6-12(17-11)15-3-2-14-7-15/h2-7H,1H3. The van der Waals surface area contributed by atoms with Gasteiger partial charge in [0.25, 0.3) is 0 Å². The van der Waals surface area contributed by atoms with E-state index in [1.165, 1.54) is 0 Å². The first-order valence-electron chi connectivity index (χ1n) is 5.03. The minimum Gasteiger partial charge on any atom is -0.496 e. The molecule has 0 spiro atoms. The maximum absolute atomic E-state index is 5.98. The van der Waals surface area contributed by atoms with Crippen LogP contribution in [0.3, 0.4) is 0 Å². The van der Waals surface area contributed by atoms with Gasteiger partial charge in [-0.1, -0.05) is 11.6 Å². The Morgan fingerprint density at radius 3 is 2.94 bits per heavy atom. The van der Waals surface area contributed by atoms with E-state index in [2.05, 4.69) is 4.98 Å². The zero-order valence-corrected chi connectivity index (χ0v) is 9.81. The van der Waals surface area contributed by atoms with E-state index in [9.17, 15) is 0 Å². The van der Waals surface area contributed by atoms with Crippen molar-refractivity contribution in [1.82, 2.24) is 9.55 Å². The van der Waals surface area contributed by atoms with Gasteiger partial charge in [-0.05, 0) is 6.07 Å². The molecule has 0 aliphatic rings. The summed E-state index contributed by atoms with van der Waals surface area (Å²) in [7, 11) is 1.61. The van der Waals surface area contributed by atoms with Gasteiger partial charge in [-0.3, -0.25) is 4.57 Å². The maximum Gasteiger partial charge on any atom is 0.206 e. The van der Waals surface area contributed by atoms with Crippen LogP contribution < -0.4 is 4.74 Å². The fourth-order valence-corrected chi connectivity index (χ4v) is 1.95. The summed E-state index contributed by atoms with van der Waals surface area (Å²) in [5.74, 6) is 1.38. The second-order valence-corrected chi connectivity index (χ2v) is 4.01. The zero-order chi connectivity index (χ0) is 11.8. The molecule has 3 aromatic rings. The van der Waals surface area contributed by atoms with E-state index in [-0.39, 0.29) is 0 Å². The Balaban J connectivity index is 2.25. The van der Waals surface area contributed by atoms with E-state index in [4.69, 9.17) is 20.8 Å². The number of imidazole rings is 1. The van der Waals surface area contributed by atoms with Crippen molar-refractivity contribution >= 4 is 22.6 Å². The molecule has 0 N–H and O–H groups in total. The van der Waals surface area contributed by atoms with Crippen molar-refractivity contribution in [2.45, 2.75) is 0 Å². The number of rotatable bonds is 2. The van der Waals surface area contributed by atoms with Crippen molar-refractivity contribution < 1.29 is 9.15 Å². The van der Waals surface area contributed by atoms with Crippen molar-refractivity contribution in [2.24, 2.45) is 0 Å². The van der Waals surface area contributed by atoms with Gasteiger partial charge in [-0.15, -0.1) is 0 Å². The van der Waals surface area contributed by atoms with Gasteiger partial charge < -0.3 is 9.15 Å². The molecule has 0 fully saturated rings. The molecule has 0 saturated heterocycles. The molecular weight excluding hydrogens is 240 g/mol. The van der Waals surface area contributed by atoms with Crippen LogP contribution >= 0.6 is 11.6 Å². The lowest BCUT2D eigenvalue weighted by atomic mass is 10.2. The number of hydrogen-bond donors (Lipinski definition) is 0. The summed E-state index contributed by atoms with van der Waals surface area (Å²) in [6.07, 6.45) is 5.18. The first kappa shape index (κ1) is 10.2. The third-order valence-corrected chi connectivity index (χ3v) is 2.75. The highest BCUT2D eigenvalue weighted by molar-refractivity contribution is 6.31. The Kier molecular flexibility index (Phi) is 2.30. The molecule has 2 heterocycles. The quantitative estimate of drug-likeness (QED) is 0.699. The Morgan fingerprint density at radius 1 is 1.35 bits per heavy atom. The average Bonchev–Trinajstić information content (AvgIpc) is 2.95. The van der Waals surface area contributed by atoms with Gasteiger partial charge in [0.05, 0.1) is 12.5 Å². The van der Waals surface area contributed by atoms with Crippen molar-refractivity contribution in [3.8, 4) is 11.6 Å². The van der Waals surface area contributed by atoms with Gasteiger partial charge >= 0.3 is 0 Å². The second kappa shape index (κ2) is 3.82. The molecule has 2 aromatic heterocycles. The fourth-order valence-electron chi connectivity index (χ4n) is 1.75. The van der Waals surface area contributed by atoms with E-state index < -0.39 is 0 Å². The van der Waals surface area contributed by atoms with Crippen molar-refractivity contribution in [3.05, 3.63) is 41.9 Å². The summed E-state index contributed by atoms with van der Waals surface area (Å²) in [5, 5.41) is 1.47. The summed E-state index contributed by atoms with van der Waals surface area (Å²) in [4.78, 5) is 3.97. The summed E-state index contributed by atoms with van der Waals surface area (Å²) in [6.45, 7) is 0. The van der Waals surface area contributed by atoms with Crippen LogP contribution in [0.15, 0.2) is 41.3 Å². The van der Waals surface area contributed by atoms with Crippen molar-refractivity contribution in [2.75, 3.05) is 7.11 Å². The number of halogens is 1. The van der Waals surface area contributed by atoms with Gasteiger partial charge in [-0.2, -0.15) is 0 Å². The minimum atomic E-state index is 0.584. The summed E-state index contributed by atoms with van der Waals surface area (Å²) >= 11 is 5.98. The molecule has 1 aromatic carbocycles. The molecule has 0 saturated carbocycles. The first-order valence-corrected chi connectivity index (χ1v) is 5.41. The van der Waals surface area contributed by atoms with E-state index in [0.29, 0.717) is 22.2 Å². The monoisotopic (exact) mass is 248 g/mol. The SMILES string of the molecule is COc1cc(Cl)cc2oc(-n3ccnc3)cc12. The lowest BCUT2D eigenvalue weighted by Gasteiger charge is -2.00. The molecule has 4 nitrogen and oxygen atoms in total. The third kappa shape index (κ3) is 1.66. The number of nitrogens with zero attached hydrogens (tertiary/aromatic N) is 2. The molecule has 17 heavy (non-hydrogen) atoms. The molecule has 0 radical (unpaired) electrons. The van der Waals surface area contributed by atoms with Gasteiger partial charge in [0.15, 0.2) is 0 Å². The lowest BCUT2D eigenvalue weighted by molar-refractivity contribution is 0.419. The van der Waals surface area contributed by atoms with Crippen LogP contribution in [0.25, 0.3) is 16.9 Å². The minimum absolute atomic E-state index is 0.584. The predicted molar refractivity (Wildman–Crippen MR) is 64.9 cm³/mol. The largest absolute Gasteiger partial charge is 0.496 e. The number of furan rings is 1. The van der Waals surface area contributed by atoms with Crippen LogP contribution in [0.1, 0.15) is 0 Å². The summed E-state index contributed by atoms with van der Waals surface area (Å²) in [6, 6.07) is 5.42. The molecule has 0 unspecified atom stereocenters. The molecular formula is C12H9ClN2O2. The van der Waals surface area contributed by atoms with E-state index >= 15 is 0 Å².